The highest BCUT2D eigenvalue weighted by atomic mass is 28.5. The Morgan fingerprint density at radius 1 is 0.860 bits per heavy atom. The van der Waals surface area contributed by atoms with Crippen molar-refractivity contribution in [3.63, 3.8) is 0 Å². The number of fused-ring (bicyclic) bond motifs is 1. The third kappa shape index (κ3) is 9.86. The molecule has 1 aromatic heterocycles. The number of nitrogens with zero attached hydrogens (tertiary/aromatic N) is 1. The summed E-state index contributed by atoms with van der Waals surface area (Å²) < 4.78 is 35.4. The molecule has 0 aliphatic rings. The predicted molar refractivity (Wildman–Crippen MR) is 176 cm³/mol. The highest BCUT2D eigenvalue weighted by molar-refractivity contribution is 6.91. The first-order valence-electron chi connectivity index (χ1n) is 14.3. The van der Waals surface area contributed by atoms with Gasteiger partial charge in [-0.3, -0.25) is 0 Å². The van der Waals surface area contributed by atoms with Crippen molar-refractivity contribution >= 4 is 54.3 Å². The maximum atomic E-state index is 12.3. The van der Waals surface area contributed by atoms with Crippen LogP contribution in [0.2, 0.25) is 45.8 Å². The smallest absolute Gasteiger partial charge is 0.347 e. The van der Waals surface area contributed by atoms with E-state index in [0.717, 1.165) is 10.8 Å². The van der Waals surface area contributed by atoms with E-state index in [1.54, 1.807) is 44.2 Å². The molecule has 0 fully saturated rings. The summed E-state index contributed by atoms with van der Waals surface area (Å²) >= 11 is 0. The summed E-state index contributed by atoms with van der Waals surface area (Å²) in [5.74, 6) is -0.413. The summed E-state index contributed by atoms with van der Waals surface area (Å²) in [5, 5.41) is 0.846. The van der Waals surface area contributed by atoms with Crippen LogP contribution in [0.25, 0.3) is 28.6 Å². The van der Waals surface area contributed by atoms with Crippen LogP contribution in [0.15, 0.2) is 64.2 Å². The van der Waals surface area contributed by atoms with Crippen LogP contribution < -0.4 is 4.74 Å². The number of aromatic nitrogens is 1. The molecule has 0 aliphatic heterocycles. The molecule has 0 radical (unpaired) electrons. The fraction of sp³-hybridized carbons (Fsp3) is 0.387. The zero-order chi connectivity index (χ0) is 32.0. The first kappa shape index (κ1) is 34.2. The zero-order valence-corrected chi connectivity index (χ0v) is 29.7. The summed E-state index contributed by atoms with van der Waals surface area (Å²) in [5.41, 5.74) is 2.44. The number of rotatable bonds is 14. The Bertz CT molecular complexity index is 1450. The molecule has 0 amide bonds. The SMILES string of the molecule is C=C(COc1ccc2nc(-c3ccc(C=C(C(=O)OCC)C(=O)OCC)cc3)oc2c1)[Si](C)(O[Si](C)(C)C)O[Si](C)(C)C. The van der Waals surface area contributed by atoms with Crippen molar-refractivity contribution in [1.82, 2.24) is 4.98 Å². The van der Waals surface area contributed by atoms with E-state index in [2.05, 4.69) is 57.4 Å². The van der Waals surface area contributed by atoms with Gasteiger partial charge in [0.15, 0.2) is 22.2 Å². The molecule has 12 heteroatoms. The van der Waals surface area contributed by atoms with Crippen LogP contribution >= 0.6 is 0 Å². The molecule has 0 N–H and O–H groups in total. The number of esters is 2. The molecule has 3 rings (SSSR count). The first-order chi connectivity index (χ1) is 20.0. The van der Waals surface area contributed by atoms with Crippen molar-refractivity contribution < 1.29 is 36.4 Å². The van der Waals surface area contributed by atoms with Crippen LogP contribution in [-0.4, -0.2) is 61.9 Å². The Kier molecular flexibility index (Phi) is 11.1. The van der Waals surface area contributed by atoms with Gasteiger partial charge >= 0.3 is 20.5 Å². The lowest BCUT2D eigenvalue weighted by atomic mass is 10.1. The van der Waals surface area contributed by atoms with Crippen molar-refractivity contribution in [2.75, 3.05) is 19.8 Å². The summed E-state index contributed by atoms with van der Waals surface area (Å²) in [6.45, 7) is 23.2. The van der Waals surface area contributed by atoms with Crippen LogP contribution in [0.1, 0.15) is 19.4 Å². The molecule has 2 aromatic carbocycles. The lowest BCUT2D eigenvalue weighted by Crippen LogP contribution is -2.54. The maximum Gasteiger partial charge on any atom is 0.347 e. The van der Waals surface area contributed by atoms with Crippen molar-refractivity contribution in [1.29, 1.82) is 0 Å². The standard InChI is InChI=1S/C31H43NO8Si3/c1-11-35-30(33)26(31(34)36-12-2)19-23-13-15-24(16-14-23)29-32-27-18-17-25(20-28(27)38-29)37-21-22(3)43(10,39-41(4,5)6)40-42(7,8)9/h13-20H,3,11-12,21H2,1-2,4-10H3. The predicted octanol–water partition coefficient (Wildman–Crippen LogP) is 7.25. The van der Waals surface area contributed by atoms with Gasteiger partial charge in [-0.1, -0.05) is 18.7 Å². The van der Waals surface area contributed by atoms with Gasteiger partial charge in [0, 0.05) is 16.8 Å². The minimum atomic E-state index is -2.69. The second-order valence-electron chi connectivity index (χ2n) is 12.0. The number of benzene rings is 2. The summed E-state index contributed by atoms with van der Waals surface area (Å²) in [7, 11) is -6.46. The maximum absolute atomic E-state index is 12.3. The molecule has 0 atom stereocenters. The second kappa shape index (κ2) is 14.0. The topological polar surface area (TPSA) is 106 Å². The third-order valence-corrected chi connectivity index (χ3v) is 15.3. The Morgan fingerprint density at radius 3 is 1.93 bits per heavy atom. The zero-order valence-electron chi connectivity index (χ0n) is 26.7. The van der Waals surface area contributed by atoms with Gasteiger partial charge in [0.2, 0.25) is 5.89 Å². The number of ether oxygens (including phenoxy) is 3. The third-order valence-electron chi connectivity index (χ3n) is 5.88. The highest BCUT2D eigenvalue weighted by Gasteiger charge is 2.43. The van der Waals surface area contributed by atoms with Gasteiger partial charge in [0.1, 0.15) is 23.4 Å². The molecule has 232 valence electrons. The molecule has 0 saturated heterocycles. The minimum Gasteiger partial charge on any atom is -0.489 e. The number of hydrogen-bond donors (Lipinski definition) is 0. The molecule has 1 heterocycles. The lowest BCUT2D eigenvalue weighted by Gasteiger charge is -2.39. The van der Waals surface area contributed by atoms with E-state index in [1.807, 2.05) is 12.1 Å². The summed E-state index contributed by atoms with van der Waals surface area (Å²) in [6.07, 6.45) is 1.45. The molecule has 0 aliphatic carbocycles. The van der Waals surface area contributed by atoms with E-state index < -0.39 is 37.1 Å². The van der Waals surface area contributed by atoms with E-state index in [-0.39, 0.29) is 25.4 Å². The molecule has 3 aromatic rings. The van der Waals surface area contributed by atoms with Crippen LogP contribution in [0.4, 0.5) is 0 Å². The van der Waals surface area contributed by atoms with E-state index >= 15 is 0 Å². The quantitative estimate of drug-likeness (QED) is 0.0591. The molecular weight excluding hydrogens is 599 g/mol. The van der Waals surface area contributed by atoms with Gasteiger partial charge in [0.25, 0.3) is 0 Å². The molecule has 0 bridgehead atoms. The summed E-state index contributed by atoms with van der Waals surface area (Å²) in [4.78, 5) is 29.2. The van der Waals surface area contributed by atoms with Gasteiger partial charge in [-0.05, 0) is 95.6 Å². The molecule has 0 spiro atoms. The van der Waals surface area contributed by atoms with Gasteiger partial charge in [-0.25, -0.2) is 14.6 Å². The van der Waals surface area contributed by atoms with Gasteiger partial charge < -0.3 is 26.9 Å². The Labute approximate surface area is 257 Å². The van der Waals surface area contributed by atoms with Crippen molar-refractivity contribution in [2.24, 2.45) is 0 Å². The van der Waals surface area contributed by atoms with Crippen molar-refractivity contribution in [3.05, 3.63) is 65.4 Å². The monoisotopic (exact) mass is 641 g/mol. The Balaban J connectivity index is 1.78. The number of oxazole rings is 1. The number of carbonyl (C=O) groups excluding carboxylic acids is 2. The van der Waals surface area contributed by atoms with Crippen LogP contribution in [-0.2, 0) is 27.3 Å². The molecule has 0 unspecified atom stereocenters. The summed E-state index contributed by atoms with van der Waals surface area (Å²) in [6, 6.07) is 12.6. The van der Waals surface area contributed by atoms with Crippen molar-refractivity contribution in [2.45, 2.75) is 59.7 Å². The fourth-order valence-electron chi connectivity index (χ4n) is 4.26. The van der Waals surface area contributed by atoms with E-state index in [1.165, 1.54) is 6.08 Å². The lowest BCUT2D eigenvalue weighted by molar-refractivity contribution is -0.146. The molecule has 9 nitrogen and oxygen atoms in total. The number of hydrogen-bond acceptors (Lipinski definition) is 9. The van der Waals surface area contributed by atoms with Crippen molar-refractivity contribution in [3.8, 4) is 17.2 Å². The van der Waals surface area contributed by atoms with Crippen LogP contribution in [0.3, 0.4) is 0 Å². The Morgan fingerprint density at radius 2 is 1.42 bits per heavy atom. The molecular formula is C31H43NO8Si3. The van der Waals surface area contributed by atoms with Crippen LogP contribution in [0, 0.1) is 0 Å². The average Bonchev–Trinajstić information content (AvgIpc) is 3.32. The average molecular weight is 642 g/mol. The van der Waals surface area contributed by atoms with Gasteiger partial charge in [-0.2, -0.15) is 0 Å². The van der Waals surface area contributed by atoms with Gasteiger partial charge in [0.05, 0.1) is 13.2 Å². The fourth-order valence-corrected chi connectivity index (χ4v) is 15.6. The normalized spacial score (nSPS) is 12.1. The second-order valence-corrected chi connectivity index (χ2v) is 24.7. The first-order valence-corrected chi connectivity index (χ1v) is 23.4. The Hall–Kier alpha value is -3.30. The van der Waals surface area contributed by atoms with E-state index in [4.69, 9.17) is 26.9 Å². The van der Waals surface area contributed by atoms with E-state index in [9.17, 15) is 9.59 Å². The van der Waals surface area contributed by atoms with Gasteiger partial charge in [-0.15, -0.1) is 0 Å². The number of carbonyl (C=O) groups is 2. The van der Waals surface area contributed by atoms with E-state index in [0.29, 0.717) is 28.3 Å². The van der Waals surface area contributed by atoms with Crippen LogP contribution in [0.5, 0.6) is 5.75 Å². The minimum absolute atomic E-state index is 0.148. The molecule has 0 saturated carbocycles. The largest absolute Gasteiger partial charge is 0.489 e. The molecule has 43 heavy (non-hydrogen) atoms. The highest BCUT2D eigenvalue weighted by Crippen LogP contribution is 2.30.